The molecule has 0 amide bonds. The first-order valence-corrected chi connectivity index (χ1v) is 6.01. The number of aliphatic carboxylic acids is 1. The fourth-order valence-corrected chi connectivity index (χ4v) is 2.51. The van der Waals surface area contributed by atoms with E-state index < -0.39 is 5.97 Å². The first-order chi connectivity index (χ1) is 7.50. The highest BCUT2D eigenvalue weighted by Crippen LogP contribution is 2.33. The number of carbonyl (C=O) groups is 1. The van der Waals surface area contributed by atoms with Gasteiger partial charge < -0.3 is 14.7 Å². The number of nitrogens with zero attached hydrogens (tertiary/aromatic N) is 1. The molecule has 0 saturated carbocycles. The molecule has 94 valence electrons. The van der Waals surface area contributed by atoms with Crippen LogP contribution in [0.1, 0.15) is 39.0 Å². The van der Waals surface area contributed by atoms with Gasteiger partial charge in [0.05, 0.1) is 12.5 Å². The first-order valence-electron chi connectivity index (χ1n) is 6.01. The Bertz CT molecular complexity index is 240. The Hall–Kier alpha value is -0.610. The molecule has 1 fully saturated rings. The van der Waals surface area contributed by atoms with E-state index in [1.54, 1.807) is 0 Å². The Morgan fingerprint density at radius 3 is 2.75 bits per heavy atom. The van der Waals surface area contributed by atoms with Gasteiger partial charge in [0, 0.05) is 12.1 Å². The third kappa shape index (κ3) is 3.19. The van der Waals surface area contributed by atoms with Gasteiger partial charge >= 0.3 is 5.97 Å². The smallest absolute Gasteiger partial charge is 0.305 e. The van der Waals surface area contributed by atoms with Crippen LogP contribution >= 0.6 is 0 Å². The molecule has 0 aliphatic carbocycles. The van der Waals surface area contributed by atoms with Crippen LogP contribution in [0.5, 0.6) is 0 Å². The van der Waals surface area contributed by atoms with Crippen LogP contribution in [0.3, 0.4) is 0 Å². The second-order valence-corrected chi connectivity index (χ2v) is 4.92. The molecular formula is C12H23NO3. The molecule has 1 heterocycles. The zero-order valence-corrected chi connectivity index (χ0v) is 10.5. The Labute approximate surface area is 97.6 Å². The normalized spacial score (nSPS) is 30.6. The molecule has 1 N–H and O–H groups in total. The molecule has 2 atom stereocenters. The number of ether oxygens (including phenoxy) is 1. The van der Waals surface area contributed by atoms with Crippen molar-refractivity contribution in [2.75, 3.05) is 20.7 Å². The van der Waals surface area contributed by atoms with Crippen LogP contribution in [0.25, 0.3) is 0 Å². The highest BCUT2D eigenvalue weighted by atomic mass is 16.5. The Balaban J connectivity index is 2.72. The maximum atomic E-state index is 11.0. The molecule has 4 heteroatoms. The lowest BCUT2D eigenvalue weighted by atomic mass is 9.81. The summed E-state index contributed by atoms with van der Waals surface area (Å²) in [5.41, 5.74) is -0.218. The van der Waals surface area contributed by atoms with Crippen molar-refractivity contribution >= 4 is 5.97 Å². The second kappa shape index (κ2) is 5.64. The summed E-state index contributed by atoms with van der Waals surface area (Å²) in [5, 5.41) is 9.03. The number of hydrogen-bond donors (Lipinski definition) is 1. The first kappa shape index (κ1) is 13.5. The minimum atomic E-state index is -0.717. The summed E-state index contributed by atoms with van der Waals surface area (Å²) >= 11 is 0. The second-order valence-electron chi connectivity index (χ2n) is 4.92. The van der Waals surface area contributed by atoms with Crippen molar-refractivity contribution in [1.82, 2.24) is 4.90 Å². The van der Waals surface area contributed by atoms with Gasteiger partial charge in [-0.15, -0.1) is 0 Å². The van der Waals surface area contributed by atoms with Crippen molar-refractivity contribution in [1.29, 1.82) is 0 Å². The van der Waals surface area contributed by atoms with Crippen LogP contribution in [0.15, 0.2) is 0 Å². The number of hydrogen-bond acceptors (Lipinski definition) is 3. The molecule has 1 aliphatic heterocycles. The van der Waals surface area contributed by atoms with Gasteiger partial charge in [0.25, 0.3) is 0 Å². The summed E-state index contributed by atoms with van der Waals surface area (Å²) in [5.74, 6) is -0.717. The maximum Gasteiger partial charge on any atom is 0.305 e. The molecule has 1 rings (SSSR count). The molecule has 4 nitrogen and oxygen atoms in total. The maximum absolute atomic E-state index is 11.0. The van der Waals surface area contributed by atoms with Gasteiger partial charge in [-0.3, -0.25) is 4.79 Å². The average Bonchev–Trinajstić information content (AvgIpc) is 2.17. The predicted octanol–water partition coefficient (Wildman–Crippen LogP) is 1.74. The van der Waals surface area contributed by atoms with Gasteiger partial charge in [-0.05, 0) is 33.4 Å². The van der Waals surface area contributed by atoms with Crippen LogP contribution in [0, 0.1) is 0 Å². The summed E-state index contributed by atoms with van der Waals surface area (Å²) < 4.78 is 5.69. The van der Waals surface area contributed by atoms with E-state index in [4.69, 9.17) is 9.84 Å². The van der Waals surface area contributed by atoms with E-state index in [0.717, 1.165) is 25.7 Å². The van der Waals surface area contributed by atoms with Gasteiger partial charge in [-0.1, -0.05) is 13.3 Å². The lowest BCUT2D eigenvalue weighted by molar-refractivity contribution is -0.143. The molecule has 0 aromatic carbocycles. The van der Waals surface area contributed by atoms with Gasteiger partial charge in [0.15, 0.2) is 0 Å². The molecule has 0 aromatic rings. The van der Waals surface area contributed by atoms with E-state index in [-0.39, 0.29) is 18.1 Å². The molecule has 16 heavy (non-hydrogen) atoms. The highest BCUT2D eigenvalue weighted by molar-refractivity contribution is 5.68. The number of rotatable bonds is 5. The monoisotopic (exact) mass is 229 g/mol. The van der Waals surface area contributed by atoms with Crippen LogP contribution < -0.4 is 0 Å². The van der Waals surface area contributed by atoms with Gasteiger partial charge in [-0.2, -0.15) is 0 Å². The van der Waals surface area contributed by atoms with Crippen molar-refractivity contribution in [2.24, 2.45) is 0 Å². The SMILES string of the molecule is CCCC1CC(CC(=O)O)(N(C)C)CCO1. The molecule has 0 bridgehead atoms. The topological polar surface area (TPSA) is 49.8 Å². The van der Waals surface area contributed by atoms with E-state index in [9.17, 15) is 4.79 Å². The summed E-state index contributed by atoms with van der Waals surface area (Å²) in [6.07, 6.45) is 4.19. The Kier molecular flexibility index (Phi) is 4.74. The van der Waals surface area contributed by atoms with Crippen LogP contribution in [0.2, 0.25) is 0 Å². The third-order valence-electron chi connectivity index (χ3n) is 3.57. The highest BCUT2D eigenvalue weighted by Gasteiger charge is 2.40. The Morgan fingerprint density at radius 1 is 1.56 bits per heavy atom. The van der Waals surface area contributed by atoms with Crippen molar-refractivity contribution in [3.63, 3.8) is 0 Å². The van der Waals surface area contributed by atoms with Crippen molar-refractivity contribution in [2.45, 2.75) is 50.7 Å². The molecule has 0 aromatic heterocycles. The molecule has 0 radical (unpaired) electrons. The van der Waals surface area contributed by atoms with Crippen LogP contribution in [-0.2, 0) is 9.53 Å². The zero-order chi connectivity index (χ0) is 12.2. The summed E-state index contributed by atoms with van der Waals surface area (Å²) in [6, 6.07) is 0. The van der Waals surface area contributed by atoms with Gasteiger partial charge in [0.2, 0.25) is 0 Å². The lowest BCUT2D eigenvalue weighted by Gasteiger charge is -2.44. The Morgan fingerprint density at radius 2 is 2.25 bits per heavy atom. The minimum Gasteiger partial charge on any atom is -0.481 e. The van der Waals surface area contributed by atoms with Crippen molar-refractivity contribution < 1.29 is 14.6 Å². The number of carboxylic acids is 1. The summed E-state index contributed by atoms with van der Waals surface area (Å²) in [4.78, 5) is 13.0. The molecular weight excluding hydrogens is 206 g/mol. The lowest BCUT2D eigenvalue weighted by Crippen LogP contribution is -2.52. The standard InChI is InChI=1S/C12H23NO3/c1-4-5-10-8-12(13(2)3,6-7-16-10)9-11(14)15/h10H,4-9H2,1-3H3,(H,14,15). The summed E-state index contributed by atoms with van der Waals surface area (Å²) in [7, 11) is 3.94. The molecule has 1 saturated heterocycles. The third-order valence-corrected chi connectivity index (χ3v) is 3.57. The van der Waals surface area contributed by atoms with Gasteiger partial charge in [-0.25, -0.2) is 0 Å². The van der Waals surface area contributed by atoms with Gasteiger partial charge in [0.1, 0.15) is 0 Å². The van der Waals surface area contributed by atoms with Crippen molar-refractivity contribution in [3.05, 3.63) is 0 Å². The minimum absolute atomic E-state index is 0.212. The molecule has 1 aliphatic rings. The van der Waals surface area contributed by atoms with E-state index in [2.05, 4.69) is 11.8 Å². The van der Waals surface area contributed by atoms with Crippen LogP contribution in [0.4, 0.5) is 0 Å². The van der Waals surface area contributed by atoms with Crippen LogP contribution in [-0.4, -0.2) is 48.3 Å². The van der Waals surface area contributed by atoms with E-state index in [0.29, 0.717) is 6.61 Å². The van der Waals surface area contributed by atoms with E-state index in [1.165, 1.54) is 0 Å². The average molecular weight is 229 g/mol. The largest absolute Gasteiger partial charge is 0.481 e. The molecule has 0 spiro atoms. The van der Waals surface area contributed by atoms with E-state index in [1.807, 2.05) is 14.1 Å². The van der Waals surface area contributed by atoms with Crippen molar-refractivity contribution in [3.8, 4) is 0 Å². The predicted molar refractivity (Wildman–Crippen MR) is 62.6 cm³/mol. The summed E-state index contributed by atoms with van der Waals surface area (Å²) in [6.45, 7) is 2.81. The molecule has 2 unspecified atom stereocenters. The quantitative estimate of drug-likeness (QED) is 0.780. The fourth-order valence-electron chi connectivity index (χ4n) is 2.51. The fraction of sp³-hybridized carbons (Fsp3) is 0.917. The number of carboxylic acid groups (broad SMARTS) is 1. The van der Waals surface area contributed by atoms with E-state index >= 15 is 0 Å². The zero-order valence-electron chi connectivity index (χ0n) is 10.5.